The lowest BCUT2D eigenvalue weighted by molar-refractivity contribution is -0.218. The molecule has 5 heteroatoms. The second-order valence-corrected chi connectivity index (χ2v) is 11.3. The minimum absolute atomic E-state index is 0.0623. The van der Waals surface area contributed by atoms with Gasteiger partial charge in [0, 0.05) is 24.2 Å². The maximum absolute atomic E-state index is 10.8. The van der Waals surface area contributed by atoms with Crippen LogP contribution in [0.5, 0.6) is 0 Å². The molecule has 0 amide bonds. The Kier molecular flexibility index (Phi) is 4.55. The summed E-state index contributed by atoms with van der Waals surface area (Å²) in [6.45, 7) is 7.83. The van der Waals surface area contributed by atoms with Gasteiger partial charge in [0.2, 0.25) is 0 Å². The normalized spacial score (nSPS) is 48.8. The number of aliphatic hydroxyl groups excluding tert-OH is 1. The van der Waals surface area contributed by atoms with Crippen molar-refractivity contribution in [3.8, 4) is 0 Å². The highest BCUT2D eigenvalue weighted by Crippen LogP contribution is 2.68. The van der Waals surface area contributed by atoms with Crippen LogP contribution in [0.15, 0.2) is 11.6 Å². The average molecular weight is 419 g/mol. The first-order valence-corrected chi connectivity index (χ1v) is 12.3. The van der Waals surface area contributed by atoms with Gasteiger partial charge in [-0.3, -0.25) is 0 Å². The first-order chi connectivity index (χ1) is 14.4. The highest BCUT2D eigenvalue weighted by molar-refractivity contribution is 5.28. The van der Waals surface area contributed by atoms with Crippen LogP contribution in [-0.4, -0.2) is 49.7 Å². The van der Waals surface area contributed by atoms with Crippen LogP contribution in [0.4, 0.5) is 0 Å². The number of hydrogen-bond donors (Lipinski definition) is 1. The molecule has 0 aromatic heterocycles. The van der Waals surface area contributed by atoms with Crippen molar-refractivity contribution >= 4 is 0 Å². The highest BCUT2D eigenvalue weighted by atomic mass is 16.7. The molecule has 5 nitrogen and oxygen atoms in total. The number of fused-ring (bicyclic) bond motifs is 5. The molecule has 1 N–H and O–H groups in total. The molecule has 4 aliphatic carbocycles. The standard InChI is InChI=1S/C25H38O5/c1-22-8-7-20-18(19(22)5-6-21(22)23(2)27-11-12-28-23)4-3-17-15-25(29-13-14-30-25)10-9-24(17,20)16-26/h3,18-21,26H,4-16H2,1-2H3/t18-,19-,20-,21-,22-,24+/m0/s1. The van der Waals surface area contributed by atoms with Crippen LogP contribution in [0.25, 0.3) is 0 Å². The van der Waals surface area contributed by atoms with E-state index in [1.165, 1.54) is 31.3 Å². The van der Waals surface area contributed by atoms with Crippen LogP contribution in [0, 0.1) is 34.5 Å². The van der Waals surface area contributed by atoms with Crippen LogP contribution in [0.1, 0.15) is 65.2 Å². The van der Waals surface area contributed by atoms with Gasteiger partial charge in [-0.05, 0) is 68.6 Å². The van der Waals surface area contributed by atoms with Gasteiger partial charge in [-0.15, -0.1) is 0 Å². The van der Waals surface area contributed by atoms with Crippen molar-refractivity contribution in [3.63, 3.8) is 0 Å². The Morgan fingerprint density at radius 1 is 0.900 bits per heavy atom. The van der Waals surface area contributed by atoms with Crippen LogP contribution < -0.4 is 0 Å². The first kappa shape index (κ1) is 20.2. The molecule has 2 aliphatic heterocycles. The average Bonchev–Trinajstić information content (AvgIpc) is 3.47. The minimum Gasteiger partial charge on any atom is -0.395 e. The molecule has 5 fully saturated rings. The Morgan fingerprint density at radius 2 is 1.63 bits per heavy atom. The lowest BCUT2D eigenvalue weighted by atomic mass is 9.46. The zero-order valence-electron chi connectivity index (χ0n) is 18.7. The zero-order chi connectivity index (χ0) is 20.6. The fourth-order valence-electron chi connectivity index (χ4n) is 9.04. The molecular weight excluding hydrogens is 380 g/mol. The van der Waals surface area contributed by atoms with Crippen molar-refractivity contribution in [2.24, 2.45) is 34.5 Å². The third kappa shape index (κ3) is 2.59. The van der Waals surface area contributed by atoms with E-state index in [-0.39, 0.29) is 17.4 Å². The van der Waals surface area contributed by atoms with Crippen molar-refractivity contribution in [2.45, 2.75) is 76.8 Å². The molecule has 0 aromatic rings. The van der Waals surface area contributed by atoms with Gasteiger partial charge in [-0.1, -0.05) is 18.6 Å². The smallest absolute Gasteiger partial charge is 0.172 e. The van der Waals surface area contributed by atoms with E-state index in [2.05, 4.69) is 19.9 Å². The highest BCUT2D eigenvalue weighted by Gasteiger charge is 2.64. The number of rotatable bonds is 2. The molecule has 0 unspecified atom stereocenters. The van der Waals surface area contributed by atoms with Crippen molar-refractivity contribution < 1.29 is 24.1 Å². The second kappa shape index (κ2) is 6.77. The summed E-state index contributed by atoms with van der Waals surface area (Å²) in [4.78, 5) is 0. The van der Waals surface area contributed by atoms with Crippen molar-refractivity contribution in [3.05, 3.63) is 11.6 Å². The van der Waals surface area contributed by atoms with Crippen LogP contribution in [-0.2, 0) is 18.9 Å². The summed E-state index contributed by atoms with van der Waals surface area (Å²) >= 11 is 0. The Bertz CT molecular complexity index is 721. The SMILES string of the molecule is CC1([C@H]2CC[C@H]3[C@@H]4CC=C5CC6(CC[C@]5(CO)[C@H]4CC[C@]23C)OCCO6)OCCO1. The van der Waals surface area contributed by atoms with Gasteiger partial charge in [-0.2, -0.15) is 0 Å². The van der Waals surface area contributed by atoms with E-state index in [0.29, 0.717) is 36.9 Å². The van der Waals surface area contributed by atoms with E-state index >= 15 is 0 Å². The number of hydrogen-bond acceptors (Lipinski definition) is 5. The van der Waals surface area contributed by atoms with E-state index < -0.39 is 11.6 Å². The number of aliphatic hydroxyl groups is 1. The molecule has 30 heavy (non-hydrogen) atoms. The molecule has 0 aromatic carbocycles. The lowest BCUT2D eigenvalue weighted by Gasteiger charge is -2.60. The minimum atomic E-state index is -0.412. The Hall–Kier alpha value is -0.460. The number of allylic oxidation sites excluding steroid dienone is 1. The molecule has 6 aliphatic rings. The van der Waals surface area contributed by atoms with Crippen molar-refractivity contribution in [2.75, 3.05) is 33.0 Å². The molecule has 0 radical (unpaired) electrons. The summed E-state index contributed by atoms with van der Waals surface area (Å²) in [5, 5.41) is 10.8. The monoisotopic (exact) mass is 418 g/mol. The molecule has 6 atom stereocenters. The van der Waals surface area contributed by atoms with Gasteiger partial charge >= 0.3 is 0 Å². The van der Waals surface area contributed by atoms with Crippen molar-refractivity contribution in [1.29, 1.82) is 0 Å². The van der Waals surface area contributed by atoms with E-state index in [0.717, 1.165) is 38.9 Å². The van der Waals surface area contributed by atoms with Gasteiger partial charge in [0.05, 0.1) is 33.0 Å². The summed E-state index contributed by atoms with van der Waals surface area (Å²) in [6.07, 6.45) is 11.3. The fourth-order valence-corrected chi connectivity index (χ4v) is 9.04. The summed E-state index contributed by atoms with van der Waals surface area (Å²) in [5.41, 5.74) is 1.63. The maximum Gasteiger partial charge on any atom is 0.172 e. The quantitative estimate of drug-likeness (QED) is 0.686. The summed E-state index contributed by atoms with van der Waals surface area (Å²) in [7, 11) is 0. The summed E-state index contributed by atoms with van der Waals surface area (Å²) < 4.78 is 24.4. The van der Waals surface area contributed by atoms with Crippen LogP contribution in [0.2, 0.25) is 0 Å². The summed E-state index contributed by atoms with van der Waals surface area (Å²) in [5.74, 6) is 1.59. The Morgan fingerprint density at radius 3 is 2.37 bits per heavy atom. The van der Waals surface area contributed by atoms with Crippen LogP contribution >= 0.6 is 0 Å². The molecule has 2 saturated heterocycles. The molecule has 1 spiro atoms. The van der Waals surface area contributed by atoms with Crippen LogP contribution in [0.3, 0.4) is 0 Å². The summed E-state index contributed by atoms with van der Waals surface area (Å²) in [6, 6.07) is 0. The van der Waals surface area contributed by atoms with Gasteiger partial charge in [0.15, 0.2) is 11.6 Å². The number of ether oxygens (including phenoxy) is 4. The zero-order valence-corrected chi connectivity index (χ0v) is 18.7. The third-order valence-corrected chi connectivity index (χ3v) is 10.4. The second-order valence-electron chi connectivity index (χ2n) is 11.3. The molecular formula is C25H38O5. The van der Waals surface area contributed by atoms with Gasteiger partial charge in [0.1, 0.15) is 0 Å². The predicted octanol–water partition coefficient (Wildman–Crippen LogP) is 4.04. The van der Waals surface area contributed by atoms with Gasteiger partial charge in [0.25, 0.3) is 0 Å². The third-order valence-electron chi connectivity index (χ3n) is 10.4. The van der Waals surface area contributed by atoms with Crippen molar-refractivity contribution in [1.82, 2.24) is 0 Å². The largest absolute Gasteiger partial charge is 0.395 e. The van der Waals surface area contributed by atoms with E-state index in [4.69, 9.17) is 18.9 Å². The van der Waals surface area contributed by atoms with Gasteiger partial charge < -0.3 is 24.1 Å². The molecule has 3 saturated carbocycles. The molecule has 6 rings (SSSR count). The van der Waals surface area contributed by atoms with Gasteiger partial charge in [-0.25, -0.2) is 0 Å². The molecule has 0 bridgehead atoms. The molecule has 2 heterocycles. The fraction of sp³-hybridized carbons (Fsp3) is 0.920. The predicted molar refractivity (Wildman–Crippen MR) is 112 cm³/mol. The maximum atomic E-state index is 10.8. The van der Waals surface area contributed by atoms with E-state index in [1.54, 1.807) is 0 Å². The molecule has 168 valence electrons. The van der Waals surface area contributed by atoms with E-state index in [1.807, 2.05) is 0 Å². The topological polar surface area (TPSA) is 57.2 Å². The lowest BCUT2D eigenvalue weighted by Crippen LogP contribution is -2.56. The Labute approximate surface area is 180 Å². The first-order valence-electron chi connectivity index (χ1n) is 12.3. The van der Waals surface area contributed by atoms with E-state index in [9.17, 15) is 5.11 Å². The Balaban J connectivity index is 1.30.